The van der Waals surface area contributed by atoms with E-state index in [1.165, 1.54) is 4.90 Å². The zero-order chi connectivity index (χ0) is 24.0. The highest BCUT2D eigenvalue weighted by Crippen LogP contribution is 2.21. The Kier molecular flexibility index (Phi) is 7.61. The smallest absolute Gasteiger partial charge is 0.355 e. The van der Waals surface area contributed by atoms with Crippen LogP contribution in [-0.4, -0.2) is 52.8 Å². The van der Waals surface area contributed by atoms with Crippen molar-refractivity contribution in [1.29, 1.82) is 0 Å². The lowest BCUT2D eigenvalue weighted by Gasteiger charge is -2.22. The van der Waals surface area contributed by atoms with E-state index in [4.69, 9.17) is 9.47 Å². The number of methoxy groups -OCH3 is 1. The van der Waals surface area contributed by atoms with Gasteiger partial charge in [0.1, 0.15) is 11.4 Å². The fourth-order valence-corrected chi connectivity index (χ4v) is 3.66. The number of rotatable bonds is 9. The third kappa shape index (κ3) is 5.46. The largest absolute Gasteiger partial charge is 0.497 e. The molecule has 0 bridgehead atoms. The highest BCUT2D eigenvalue weighted by atomic mass is 16.5. The molecule has 0 unspecified atom stereocenters. The zero-order valence-corrected chi connectivity index (χ0v) is 19.2. The van der Waals surface area contributed by atoms with Crippen molar-refractivity contribution in [2.45, 2.75) is 27.3 Å². The number of hydrogen-bond acceptors (Lipinski definition) is 6. The first-order valence-corrected chi connectivity index (χ1v) is 10.6. The van der Waals surface area contributed by atoms with E-state index in [9.17, 15) is 14.4 Å². The fraction of sp³-hybridized carbons (Fsp3) is 0.280. The van der Waals surface area contributed by atoms with Gasteiger partial charge in [-0.1, -0.05) is 6.07 Å². The SMILES string of the molecule is CCOC(=O)c1[nH]c(C)c(C(=O)CN(Cc2cccnc2)C(=O)c2ccc(OC)cc2)c1C. The highest BCUT2D eigenvalue weighted by Gasteiger charge is 2.26. The second kappa shape index (κ2) is 10.6. The second-order valence-corrected chi connectivity index (χ2v) is 7.52. The third-order valence-electron chi connectivity index (χ3n) is 5.25. The monoisotopic (exact) mass is 449 g/mol. The number of Topliss-reactive ketones (excluding diaryl/α,β-unsaturated/α-hetero) is 1. The number of ether oxygens (including phenoxy) is 2. The van der Waals surface area contributed by atoms with Crippen LogP contribution in [0.2, 0.25) is 0 Å². The van der Waals surface area contributed by atoms with Crippen LogP contribution in [0.5, 0.6) is 5.75 Å². The zero-order valence-electron chi connectivity index (χ0n) is 19.2. The lowest BCUT2D eigenvalue weighted by Crippen LogP contribution is -2.35. The molecule has 1 amide bonds. The Morgan fingerprint density at radius 2 is 1.82 bits per heavy atom. The first-order chi connectivity index (χ1) is 15.8. The molecule has 0 aliphatic rings. The number of aryl methyl sites for hydroxylation is 1. The van der Waals surface area contributed by atoms with Crippen LogP contribution in [-0.2, 0) is 11.3 Å². The summed E-state index contributed by atoms with van der Waals surface area (Å²) in [7, 11) is 1.55. The standard InChI is InChI=1S/C25H27N3O5/c1-5-33-25(31)23-16(2)22(17(3)27-23)21(29)15-28(14-18-7-6-12-26-13-18)24(30)19-8-10-20(32-4)11-9-19/h6-13,27H,5,14-15H2,1-4H3. The van der Waals surface area contributed by atoms with Gasteiger partial charge in [0.15, 0.2) is 5.78 Å². The van der Waals surface area contributed by atoms with Gasteiger partial charge in [-0.3, -0.25) is 14.6 Å². The van der Waals surface area contributed by atoms with E-state index in [1.54, 1.807) is 70.6 Å². The summed E-state index contributed by atoms with van der Waals surface area (Å²) in [5.41, 5.74) is 2.92. The average Bonchev–Trinajstić information content (AvgIpc) is 3.13. The number of esters is 1. The Morgan fingerprint density at radius 3 is 2.42 bits per heavy atom. The summed E-state index contributed by atoms with van der Waals surface area (Å²) in [6.07, 6.45) is 3.30. The number of nitrogens with one attached hydrogen (secondary N) is 1. The minimum absolute atomic E-state index is 0.165. The van der Waals surface area contributed by atoms with E-state index in [2.05, 4.69) is 9.97 Å². The molecule has 33 heavy (non-hydrogen) atoms. The fourth-order valence-electron chi connectivity index (χ4n) is 3.66. The van der Waals surface area contributed by atoms with Gasteiger partial charge in [-0.15, -0.1) is 0 Å². The number of amides is 1. The van der Waals surface area contributed by atoms with Crippen molar-refractivity contribution < 1.29 is 23.9 Å². The summed E-state index contributed by atoms with van der Waals surface area (Å²) in [6, 6.07) is 10.3. The van der Waals surface area contributed by atoms with Crippen molar-refractivity contribution >= 4 is 17.7 Å². The van der Waals surface area contributed by atoms with Crippen molar-refractivity contribution in [1.82, 2.24) is 14.9 Å². The van der Waals surface area contributed by atoms with Gasteiger partial charge < -0.3 is 19.4 Å². The predicted molar refractivity (Wildman–Crippen MR) is 123 cm³/mol. The van der Waals surface area contributed by atoms with Crippen LogP contribution in [0, 0.1) is 13.8 Å². The summed E-state index contributed by atoms with van der Waals surface area (Å²) < 4.78 is 10.2. The topological polar surface area (TPSA) is 102 Å². The van der Waals surface area contributed by atoms with Crippen LogP contribution < -0.4 is 4.74 Å². The Labute approximate surface area is 192 Å². The van der Waals surface area contributed by atoms with Crippen LogP contribution in [0.3, 0.4) is 0 Å². The molecule has 2 heterocycles. The summed E-state index contributed by atoms with van der Waals surface area (Å²) in [5, 5.41) is 0. The van der Waals surface area contributed by atoms with E-state index in [0.29, 0.717) is 28.1 Å². The number of hydrogen-bond donors (Lipinski definition) is 1. The number of carbonyl (C=O) groups is 3. The number of ketones is 1. The van der Waals surface area contributed by atoms with E-state index in [1.807, 2.05) is 6.07 Å². The van der Waals surface area contributed by atoms with Crippen molar-refractivity contribution in [3.63, 3.8) is 0 Å². The Bertz CT molecular complexity index is 1140. The number of pyridine rings is 1. The lowest BCUT2D eigenvalue weighted by atomic mass is 10.0. The first-order valence-electron chi connectivity index (χ1n) is 10.6. The van der Waals surface area contributed by atoms with Gasteiger partial charge in [-0.2, -0.15) is 0 Å². The van der Waals surface area contributed by atoms with Crippen molar-refractivity contribution in [2.75, 3.05) is 20.3 Å². The first kappa shape index (κ1) is 23.7. The molecule has 172 valence electrons. The minimum Gasteiger partial charge on any atom is -0.497 e. The number of benzene rings is 1. The van der Waals surface area contributed by atoms with E-state index in [0.717, 1.165) is 5.56 Å². The van der Waals surface area contributed by atoms with Crippen LogP contribution >= 0.6 is 0 Å². The number of aromatic amines is 1. The van der Waals surface area contributed by atoms with Gasteiger partial charge in [-0.25, -0.2) is 4.79 Å². The van der Waals surface area contributed by atoms with Gasteiger partial charge in [0.25, 0.3) is 5.91 Å². The molecule has 0 fully saturated rings. The maximum atomic E-state index is 13.3. The molecular weight excluding hydrogens is 422 g/mol. The molecule has 3 rings (SSSR count). The Morgan fingerprint density at radius 1 is 1.09 bits per heavy atom. The molecule has 0 aliphatic heterocycles. The predicted octanol–water partition coefficient (Wildman–Crippen LogP) is 3.74. The molecule has 0 aliphatic carbocycles. The summed E-state index contributed by atoms with van der Waals surface area (Å²) in [5.74, 6) is -0.459. The van der Waals surface area contributed by atoms with Crippen molar-refractivity contribution in [2.24, 2.45) is 0 Å². The average molecular weight is 450 g/mol. The van der Waals surface area contributed by atoms with E-state index >= 15 is 0 Å². The quantitative estimate of drug-likeness (QED) is 0.394. The molecule has 0 saturated carbocycles. The molecule has 2 aromatic heterocycles. The molecule has 0 saturated heterocycles. The molecule has 1 aromatic carbocycles. The molecule has 0 atom stereocenters. The number of nitrogens with zero attached hydrogens (tertiary/aromatic N) is 2. The summed E-state index contributed by atoms with van der Waals surface area (Å²) >= 11 is 0. The molecule has 1 N–H and O–H groups in total. The number of carbonyl (C=O) groups excluding carboxylic acids is 3. The van der Waals surface area contributed by atoms with Crippen LogP contribution in [0.15, 0.2) is 48.8 Å². The number of aromatic nitrogens is 2. The molecule has 8 nitrogen and oxygen atoms in total. The normalized spacial score (nSPS) is 10.5. The molecule has 0 spiro atoms. The van der Waals surface area contributed by atoms with Gasteiger partial charge in [0, 0.05) is 35.8 Å². The summed E-state index contributed by atoms with van der Waals surface area (Å²) in [4.78, 5) is 47.4. The lowest BCUT2D eigenvalue weighted by molar-refractivity contribution is 0.0519. The van der Waals surface area contributed by atoms with Gasteiger partial charge in [0.2, 0.25) is 0 Å². The molecule has 0 radical (unpaired) electrons. The Balaban J connectivity index is 1.90. The minimum atomic E-state index is -0.515. The Hall–Kier alpha value is -3.94. The third-order valence-corrected chi connectivity index (χ3v) is 5.25. The second-order valence-electron chi connectivity index (χ2n) is 7.52. The van der Waals surface area contributed by atoms with Crippen LogP contribution in [0.1, 0.15) is 54.9 Å². The summed E-state index contributed by atoms with van der Waals surface area (Å²) in [6.45, 7) is 5.41. The van der Waals surface area contributed by atoms with Gasteiger partial charge >= 0.3 is 5.97 Å². The highest BCUT2D eigenvalue weighted by molar-refractivity contribution is 6.05. The van der Waals surface area contributed by atoms with E-state index < -0.39 is 5.97 Å². The molecule has 3 aromatic rings. The van der Waals surface area contributed by atoms with Gasteiger partial charge in [0.05, 0.1) is 20.3 Å². The van der Waals surface area contributed by atoms with Gasteiger partial charge in [-0.05, 0) is 62.2 Å². The van der Waals surface area contributed by atoms with Crippen LogP contribution in [0.25, 0.3) is 0 Å². The maximum absolute atomic E-state index is 13.3. The maximum Gasteiger partial charge on any atom is 0.355 e. The van der Waals surface area contributed by atoms with Crippen LogP contribution in [0.4, 0.5) is 0 Å². The van der Waals surface area contributed by atoms with Crippen molar-refractivity contribution in [3.8, 4) is 5.75 Å². The molecular formula is C25H27N3O5. The number of H-pyrrole nitrogens is 1. The van der Waals surface area contributed by atoms with Crippen molar-refractivity contribution in [3.05, 3.63) is 82.4 Å². The van der Waals surface area contributed by atoms with E-state index in [-0.39, 0.29) is 37.1 Å². The molecule has 8 heteroatoms.